The highest BCUT2D eigenvalue weighted by Crippen LogP contribution is 2.32. The van der Waals surface area contributed by atoms with Crippen molar-refractivity contribution in [2.24, 2.45) is 10.7 Å². The largest absolute Gasteiger partial charge is 0.404 e. The smallest absolute Gasteiger partial charge is 0.274 e. The van der Waals surface area contributed by atoms with E-state index in [1.54, 1.807) is 7.05 Å². The van der Waals surface area contributed by atoms with E-state index in [2.05, 4.69) is 25.4 Å². The van der Waals surface area contributed by atoms with Gasteiger partial charge in [-0.25, -0.2) is 4.98 Å². The van der Waals surface area contributed by atoms with E-state index >= 15 is 0 Å². The van der Waals surface area contributed by atoms with Gasteiger partial charge in [0.05, 0.1) is 12.3 Å². The first-order chi connectivity index (χ1) is 16.0. The van der Waals surface area contributed by atoms with E-state index in [9.17, 15) is 9.59 Å². The van der Waals surface area contributed by atoms with Crippen molar-refractivity contribution in [1.82, 2.24) is 24.9 Å². The number of amidine groups is 1. The molecule has 172 valence electrons. The molecule has 4 rings (SSSR count). The summed E-state index contributed by atoms with van der Waals surface area (Å²) in [5.41, 5.74) is 5.36. The Balaban J connectivity index is 1.57. The van der Waals surface area contributed by atoms with Gasteiger partial charge in [-0.05, 0) is 25.1 Å². The first-order valence-corrected chi connectivity index (χ1v) is 10.9. The Hall–Kier alpha value is -3.79. The average molecular weight is 450 g/mol. The average Bonchev–Trinajstić information content (AvgIpc) is 3.28. The number of nitrogens with zero attached hydrogens (tertiary/aromatic N) is 4. The van der Waals surface area contributed by atoms with Gasteiger partial charge in [0.25, 0.3) is 17.2 Å². The van der Waals surface area contributed by atoms with Crippen LogP contribution in [0.1, 0.15) is 37.8 Å². The molecule has 4 N–H and O–H groups in total. The Bertz CT molecular complexity index is 1240. The third kappa shape index (κ3) is 4.85. The number of aromatic nitrogens is 4. The molecule has 1 amide bonds. The second kappa shape index (κ2) is 9.78. The first-order valence-electron chi connectivity index (χ1n) is 10.9. The quantitative estimate of drug-likeness (QED) is 0.388. The Morgan fingerprint density at radius 1 is 1.27 bits per heavy atom. The van der Waals surface area contributed by atoms with Crippen LogP contribution in [0.15, 0.2) is 58.5 Å². The molecular formula is C23H27N7O3. The summed E-state index contributed by atoms with van der Waals surface area (Å²) in [7, 11) is 1.57. The van der Waals surface area contributed by atoms with Crippen LogP contribution in [-0.4, -0.2) is 44.0 Å². The van der Waals surface area contributed by atoms with Crippen molar-refractivity contribution in [3.8, 4) is 11.4 Å². The number of amides is 1. The number of aliphatic imine (C=N–C) groups is 1. The van der Waals surface area contributed by atoms with Gasteiger partial charge in [-0.3, -0.25) is 19.7 Å². The monoisotopic (exact) mass is 449 g/mol. The number of hydrogen-bond donors (Lipinski definition) is 3. The lowest BCUT2D eigenvalue weighted by Crippen LogP contribution is -2.51. The molecule has 1 saturated carbocycles. The lowest BCUT2D eigenvalue weighted by molar-refractivity contribution is -0.153. The molecule has 1 aliphatic carbocycles. The van der Waals surface area contributed by atoms with E-state index in [1.807, 2.05) is 30.3 Å². The van der Waals surface area contributed by atoms with E-state index in [4.69, 9.17) is 10.5 Å². The van der Waals surface area contributed by atoms with Crippen LogP contribution in [0.5, 0.6) is 0 Å². The summed E-state index contributed by atoms with van der Waals surface area (Å²) in [5.74, 6) is 0.875. The van der Waals surface area contributed by atoms with Gasteiger partial charge in [0.1, 0.15) is 11.4 Å². The van der Waals surface area contributed by atoms with Gasteiger partial charge in [0, 0.05) is 18.7 Å². The fourth-order valence-electron chi connectivity index (χ4n) is 3.99. The number of H-pyrrole nitrogens is 1. The summed E-state index contributed by atoms with van der Waals surface area (Å²) in [6.07, 6.45) is 6.76. The van der Waals surface area contributed by atoms with Gasteiger partial charge in [-0.2, -0.15) is 9.50 Å². The lowest BCUT2D eigenvalue weighted by atomic mass is 9.83. The minimum absolute atomic E-state index is 0.0119. The number of nitrogens with two attached hydrogens (primary N) is 1. The van der Waals surface area contributed by atoms with Crippen LogP contribution in [0, 0.1) is 0 Å². The molecular weight excluding hydrogens is 422 g/mol. The van der Waals surface area contributed by atoms with Crippen LogP contribution in [0.2, 0.25) is 0 Å². The normalized spacial score (nSPS) is 16.3. The molecule has 0 radical (unpaired) electrons. The third-order valence-corrected chi connectivity index (χ3v) is 5.74. The van der Waals surface area contributed by atoms with Gasteiger partial charge in [0.2, 0.25) is 0 Å². The molecule has 1 aliphatic rings. The summed E-state index contributed by atoms with van der Waals surface area (Å²) in [6, 6.07) is 10.9. The number of fused-ring (bicyclic) bond motifs is 1. The molecule has 0 spiro atoms. The predicted molar refractivity (Wildman–Crippen MR) is 124 cm³/mol. The molecule has 2 heterocycles. The Labute approximate surface area is 190 Å². The number of carbonyl (C=O) groups is 1. The Morgan fingerprint density at radius 3 is 2.73 bits per heavy atom. The number of rotatable bonds is 6. The third-order valence-electron chi connectivity index (χ3n) is 5.74. The summed E-state index contributed by atoms with van der Waals surface area (Å²) in [5, 5.41) is 5.77. The number of benzene rings is 1. The van der Waals surface area contributed by atoms with E-state index in [0.717, 1.165) is 24.8 Å². The summed E-state index contributed by atoms with van der Waals surface area (Å²) in [6.45, 7) is 0.0119. The fourth-order valence-corrected chi connectivity index (χ4v) is 3.99. The van der Waals surface area contributed by atoms with Crippen LogP contribution in [0.4, 0.5) is 0 Å². The SMILES string of the molecule is CN=C(C=CN)NC(=O)C1(OCc2cc(=O)n3[nH]c(-c4ccccc4)nc3n2)CCCCC1. The standard InChI is InChI=1S/C23H27N7O3/c1-25-18(10-13-24)27-21(32)23(11-6-3-7-12-23)33-15-17-14-19(31)30-22(26-17)28-20(29-30)16-8-4-2-5-9-16/h2,4-5,8-10,13-14H,3,6-7,11-12,15,24H2,1H3,(H,25,27,32)(H,26,28,29). The van der Waals surface area contributed by atoms with Crippen molar-refractivity contribution < 1.29 is 9.53 Å². The number of ether oxygens (including phenoxy) is 1. The molecule has 0 atom stereocenters. The highest BCUT2D eigenvalue weighted by Gasteiger charge is 2.41. The van der Waals surface area contributed by atoms with Gasteiger partial charge in [0.15, 0.2) is 5.82 Å². The van der Waals surface area contributed by atoms with Crippen LogP contribution in [-0.2, 0) is 16.1 Å². The number of carbonyl (C=O) groups excluding carboxylic acids is 1. The molecule has 0 saturated heterocycles. The molecule has 0 aliphatic heterocycles. The highest BCUT2D eigenvalue weighted by atomic mass is 16.5. The second-order valence-corrected chi connectivity index (χ2v) is 7.93. The van der Waals surface area contributed by atoms with Crippen molar-refractivity contribution in [3.63, 3.8) is 0 Å². The molecule has 10 heteroatoms. The van der Waals surface area contributed by atoms with Crippen LogP contribution < -0.4 is 16.6 Å². The zero-order valence-electron chi connectivity index (χ0n) is 18.5. The second-order valence-electron chi connectivity index (χ2n) is 7.93. The molecule has 0 unspecified atom stereocenters. The Morgan fingerprint density at radius 2 is 2.03 bits per heavy atom. The molecule has 2 aromatic heterocycles. The topological polar surface area (TPSA) is 140 Å². The molecule has 1 fully saturated rings. The zero-order valence-corrected chi connectivity index (χ0v) is 18.5. The van der Waals surface area contributed by atoms with E-state index in [0.29, 0.717) is 30.2 Å². The molecule has 3 aromatic rings. The van der Waals surface area contributed by atoms with Crippen LogP contribution in [0.3, 0.4) is 0 Å². The summed E-state index contributed by atoms with van der Waals surface area (Å²) in [4.78, 5) is 38.7. The van der Waals surface area contributed by atoms with Gasteiger partial charge in [-0.15, -0.1) is 0 Å². The lowest BCUT2D eigenvalue weighted by Gasteiger charge is -2.35. The summed E-state index contributed by atoms with van der Waals surface area (Å²) < 4.78 is 7.46. The minimum Gasteiger partial charge on any atom is -0.404 e. The van der Waals surface area contributed by atoms with Crippen LogP contribution in [0.25, 0.3) is 17.2 Å². The maximum absolute atomic E-state index is 13.1. The maximum Gasteiger partial charge on any atom is 0.274 e. The predicted octanol–water partition coefficient (Wildman–Crippen LogP) is 1.92. The number of aromatic amines is 1. The molecule has 1 aromatic carbocycles. The maximum atomic E-state index is 13.1. The number of nitrogens with one attached hydrogen (secondary N) is 2. The van der Waals surface area contributed by atoms with Crippen molar-refractivity contribution in [1.29, 1.82) is 0 Å². The highest BCUT2D eigenvalue weighted by molar-refractivity contribution is 6.06. The first kappa shape index (κ1) is 22.4. The molecule has 10 nitrogen and oxygen atoms in total. The van der Waals surface area contributed by atoms with E-state index in [1.165, 1.54) is 22.9 Å². The van der Waals surface area contributed by atoms with E-state index in [-0.39, 0.29) is 23.9 Å². The van der Waals surface area contributed by atoms with Gasteiger partial charge < -0.3 is 15.8 Å². The minimum atomic E-state index is -1.02. The van der Waals surface area contributed by atoms with Crippen molar-refractivity contribution >= 4 is 17.5 Å². The van der Waals surface area contributed by atoms with E-state index < -0.39 is 5.60 Å². The van der Waals surface area contributed by atoms with Gasteiger partial charge in [-0.1, -0.05) is 49.6 Å². The Kier molecular flexibility index (Phi) is 6.64. The van der Waals surface area contributed by atoms with Crippen molar-refractivity contribution in [3.05, 3.63) is 64.7 Å². The molecule has 0 bridgehead atoms. The zero-order chi connectivity index (χ0) is 23.3. The van der Waals surface area contributed by atoms with Crippen molar-refractivity contribution in [2.45, 2.75) is 44.3 Å². The molecule has 33 heavy (non-hydrogen) atoms. The number of hydrogen-bond acceptors (Lipinski definition) is 7. The summed E-state index contributed by atoms with van der Waals surface area (Å²) >= 11 is 0. The van der Waals surface area contributed by atoms with Crippen LogP contribution >= 0.6 is 0 Å². The fraction of sp³-hybridized carbons (Fsp3) is 0.348. The van der Waals surface area contributed by atoms with Gasteiger partial charge >= 0.3 is 0 Å². The van der Waals surface area contributed by atoms with Crippen molar-refractivity contribution in [2.75, 3.05) is 7.05 Å².